The standard InChI is InChI=1S/C20H23N5O2/c1-10-8-16(26-7)9-11(2)17(10)19-13(4)27-20-18(12(3)22-25(19)20)24-15(6)21-14(5)23-24/h8-9H,1-7H3. The van der Waals surface area contributed by atoms with Crippen LogP contribution >= 0.6 is 0 Å². The van der Waals surface area contributed by atoms with Gasteiger partial charge in [-0.05, 0) is 64.8 Å². The maximum atomic E-state index is 6.17. The Kier molecular flexibility index (Phi) is 3.83. The summed E-state index contributed by atoms with van der Waals surface area (Å²) in [5, 5.41) is 9.27. The van der Waals surface area contributed by atoms with Gasteiger partial charge in [0.15, 0.2) is 5.69 Å². The lowest BCUT2D eigenvalue weighted by atomic mass is 9.98. The average Bonchev–Trinajstić information content (AvgIpc) is 3.18. The number of oxazole rings is 1. The summed E-state index contributed by atoms with van der Waals surface area (Å²) < 4.78 is 15.2. The van der Waals surface area contributed by atoms with E-state index in [4.69, 9.17) is 14.3 Å². The molecule has 0 saturated carbocycles. The molecule has 3 aromatic heterocycles. The zero-order valence-corrected chi connectivity index (χ0v) is 16.7. The predicted molar refractivity (Wildman–Crippen MR) is 103 cm³/mol. The van der Waals surface area contributed by atoms with Gasteiger partial charge in [0.1, 0.15) is 28.9 Å². The molecule has 0 amide bonds. The van der Waals surface area contributed by atoms with Crippen LogP contribution in [0.2, 0.25) is 0 Å². The van der Waals surface area contributed by atoms with E-state index in [2.05, 4.69) is 23.9 Å². The predicted octanol–water partition coefficient (Wildman–Crippen LogP) is 4.03. The molecule has 7 nitrogen and oxygen atoms in total. The van der Waals surface area contributed by atoms with E-state index in [-0.39, 0.29) is 0 Å². The second-order valence-corrected chi connectivity index (χ2v) is 6.91. The molecule has 4 aromatic rings. The Labute approximate surface area is 157 Å². The average molecular weight is 365 g/mol. The van der Waals surface area contributed by atoms with Crippen LogP contribution in [-0.2, 0) is 0 Å². The zero-order chi connectivity index (χ0) is 19.5. The summed E-state index contributed by atoms with van der Waals surface area (Å²) in [4.78, 5) is 4.41. The molecular formula is C20H23N5O2. The van der Waals surface area contributed by atoms with E-state index in [1.165, 1.54) is 0 Å². The highest BCUT2D eigenvalue weighted by Gasteiger charge is 2.25. The lowest BCUT2D eigenvalue weighted by molar-refractivity contribution is 0.414. The smallest absolute Gasteiger partial charge is 0.249 e. The van der Waals surface area contributed by atoms with Crippen LogP contribution in [0.3, 0.4) is 0 Å². The third-order valence-electron chi connectivity index (χ3n) is 4.85. The molecule has 0 atom stereocenters. The first kappa shape index (κ1) is 17.3. The summed E-state index contributed by atoms with van der Waals surface area (Å²) in [5.41, 5.74) is 6.61. The Balaban J connectivity index is 2.02. The molecule has 1 aromatic carbocycles. The number of ether oxygens (including phenoxy) is 1. The maximum Gasteiger partial charge on any atom is 0.249 e. The van der Waals surface area contributed by atoms with Gasteiger partial charge in [-0.2, -0.15) is 14.7 Å². The number of hydrogen-bond donors (Lipinski definition) is 0. The first-order valence-corrected chi connectivity index (χ1v) is 8.86. The van der Waals surface area contributed by atoms with E-state index >= 15 is 0 Å². The SMILES string of the molecule is COc1cc(C)c(-c2c(C)oc3c(-n4nc(C)nc4C)c(C)nn23)c(C)c1. The molecule has 0 spiro atoms. The fraction of sp³-hybridized carbons (Fsp3) is 0.350. The number of aryl methyl sites for hydroxylation is 6. The fourth-order valence-electron chi connectivity index (χ4n) is 3.76. The Morgan fingerprint density at radius 1 is 0.963 bits per heavy atom. The van der Waals surface area contributed by atoms with Gasteiger partial charge in [-0.25, -0.2) is 9.67 Å². The lowest BCUT2D eigenvalue weighted by Gasteiger charge is -2.11. The van der Waals surface area contributed by atoms with E-state index in [9.17, 15) is 0 Å². The van der Waals surface area contributed by atoms with Gasteiger partial charge in [-0.1, -0.05) is 0 Å². The van der Waals surface area contributed by atoms with Gasteiger partial charge >= 0.3 is 0 Å². The molecule has 7 heteroatoms. The number of rotatable bonds is 3. The number of benzene rings is 1. The van der Waals surface area contributed by atoms with Gasteiger partial charge in [0.05, 0.1) is 12.8 Å². The second kappa shape index (κ2) is 5.97. The first-order valence-electron chi connectivity index (χ1n) is 8.86. The van der Waals surface area contributed by atoms with Crippen LogP contribution in [-0.4, -0.2) is 31.5 Å². The molecule has 0 bridgehead atoms. The van der Waals surface area contributed by atoms with Crippen molar-refractivity contribution in [3.63, 3.8) is 0 Å². The molecule has 0 radical (unpaired) electrons. The van der Waals surface area contributed by atoms with E-state index in [1.807, 2.05) is 44.3 Å². The highest BCUT2D eigenvalue weighted by atomic mass is 16.5. The normalized spacial score (nSPS) is 11.5. The fourth-order valence-corrected chi connectivity index (χ4v) is 3.76. The number of hydrogen-bond acceptors (Lipinski definition) is 5. The molecule has 0 saturated heterocycles. The molecule has 0 fully saturated rings. The molecule has 140 valence electrons. The number of methoxy groups -OCH3 is 1. The molecule has 0 N–H and O–H groups in total. The van der Waals surface area contributed by atoms with Crippen LogP contribution in [0.15, 0.2) is 16.5 Å². The van der Waals surface area contributed by atoms with Gasteiger partial charge in [0.2, 0.25) is 5.71 Å². The van der Waals surface area contributed by atoms with Crippen molar-refractivity contribution in [3.05, 3.63) is 46.4 Å². The van der Waals surface area contributed by atoms with Gasteiger partial charge < -0.3 is 9.15 Å². The minimum Gasteiger partial charge on any atom is -0.497 e. The molecule has 0 aliphatic heterocycles. The van der Waals surface area contributed by atoms with Crippen LogP contribution in [0.4, 0.5) is 0 Å². The topological polar surface area (TPSA) is 70.4 Å². The van der Waals surface area contributed by atoms with E-state index < -0.39 is 0 Å². The molecule has 0 aliphatic carbocycles. The molecular weight excluding hydrogens is 342 g/mol. The van der Waals surface area contributed by atoms with Crippen LogP contribution in [0.5, 0.6) is 5.75 Å². The quantitative estimate of drug-likeness (QED) is 0.548. The van der Waals surface area contributed by atoms with Gasteiger partial charge in [0.25, 0.3) is 0 Å². The summed E-state index contributed by atoms with van der Waals surface area (Å²) in [6.07, 6.45) is 0. The van der Waals surface area contributed by atoms with Crippen molar-refractivity contribution >= 4 is 5.71 Å². The summed E-state index contributed by atoms with van der Waals surface area (Å²) in [6.45, 7) is 11.9. The monoisotopic (exact) mass is 365 g/mol. The second-order valence-electron chi connectivity index (χ2n) is 6.91. The molecule has 4 rings (SSSR count). The maximum absolute atomic E-state index is 6.17. The van der Waals surface area contributed by atoms with Gasteiger partial charge in [-0.3, -0.25) is 0 Å². The van der Waals surface area contributed by atoms with Crippen LogP contribution in [0.25, 0.3) is 22.7 Å². The van der Waals surface area contributed by atoms with Crippen molar-refractivity contribution in [2.24, 2.45) is 0 Å². The van der Waals surface area contributed by atoms with Gasteiger partial charge in [0, 0.05) is 5.56 Å². The molecule has 3 heterocycles. The van der Waals surface area contributed by atoms with Crippen LogP contribution in [0.1, 0.15) is 34.2 Å². The third-order valence-corrected chi connectivity index (χ3v) is 4.85. The Morgan fingerprint density at radius 2 is 1.63 bits per heavy atom. The van der Waals surface area contributed by atoms with E-state index in [1.54, 1.807) is 11.8 Å². The Morgan fingerprint density at radius 3 is 2.19 bits per heavy atom. The molecule has 27 heavy (non-hydrogen) atoms. The molecule has 0 aliphatic rings. The van der Waals surface area contributed by atoms with Crippen LogP contribution < -0.4 is 4.74 Å². The van der Waals surface area contributed by atoms with E-state index in [0.29, 0.717) is 5.71 Å². The van der Waals surface area contributed by atoms with Crippen molar-refractivity contribution in [1.29, 1.82) is 0 Å². The summed E-state index contributed by atoms with van der Waals surface area (Å²) in [7, 11) is 1.68. The highest BCUT2D eigenvalue weighted by molar-refractivity contribution is 5.75. The van der Waals surface area contributed by atoms with E-state index in [0.717, 1.165) is 56.9 Å². The van der Waals surface area contributed by atoms with Gasteiger partial charge in [-0.15, -0.1) is 0 Å². The van der Waals surface area contributed by atoms with Crippen molar-refractivity contribution in [2.45, 2.75) is 41.5 Å². The van der Waals surface area contributed by atoms with Crippen molar-refractivity contribution in [1.82, 2.24) is 24.4 Å². The minimum absolute atomic E-state index is 0.669. The van der Waals surface area contributed by atoms with Crippen molar-refractivity contribution in [3.8, 4) is 22.7 Å². The Hall–Kier alpha value is -3.09. The minimum atomic E-state index is 0.669. The number of aromatic nitrogens is 5. The number of fused-ring (bicyclic) bond motifs is 1. The highest BCUT2D eigenvalue weighted by Crippen LogP contribution is 2.36. The largest absolute Gasteiger partial charge is 0.497 e. The zero-order valence-electron chi connectivity index (χ0n) is 16.7. The third kappa shape index (κ3) is 2.53. The summed E-state index contributed by atoms with van der Waals surface area (Å²) in [6, 6.07) is 4.06. The Bertz CT molecular complexity index is 1160. The van der Waals surface area contributed by atoms with Crippen LogP contribution in [0, 0.1) is 41.5 Å². The first-order chi connectivity index (χ1) is 12.8. The van der Waals surface area contributed by atoms with Crippen molar-refractivity contribution < 1.29 is 9.15 Å². The summed E-state index contributed by atoms with van der Waals surface area (Å²) >= 11 is 0. The lowest BCUT2D eigenvalue weighted by Crippen LogP contribution is -2.00. The number of nitrogens with zero attached hydrogens (tertiary/aromatic N) is 5. The van der Waals surface area contributed by atoms with Crippen molar-refractivity contribution in [2.75, 3.05) is 7.11 Å². The summed E-state index contributed by atoms with van der Waals surface area (Å²) in [5.74, 6) is 3.18. The molecule has 0 unspecified atom stereocenters.